The number of nitrogens with one attached hydrogen (secondary N) is 2. The maximum atomic E-state index is 12.5. The molecule has 2 aromatic rings. The van der Waals surface area contributed by atoms with Crippen LogP contribution in [0.25, 0.3) is 0 Å². The summed E-state index contributed by atoms with van der Waals surface area (Å²) in [6, 6.07) is 7.20. The fraction of sp³-hybridized carbons (Fsp3) is 0.364. The lowest BCUT2D eigenvalue weighted by molar-refractivity contribution is -0.118. The molecule has 0 saturated carbocycles. The van der Waals surface area contributed by atoms with Crippen molar-refractivity contribution in [2.75, 3.05) is 39.8 Å². The third-order valence-corrected chi connectivity index (χ3v) is 6.02. The van der Waals surface area contributed by atoms with Crippen molar-refractivity contribution in [1.82, 2.24) is 4.72 Å². The van der Waals surface area contributed by atoms with E-state index in [9.17, 15) is 18.0 Å². The van der Waals surface area contributed by atoms with E-state index in [0.29, 0.717) is 35.8 Å². The number of sulfonamides is 1. The minimum absolute atomic E-state index is 0.0776. The van der Waals surface area contributed by atoms with Gasteiger partial charge in [0.2, 0.25) is 10.0 Å². The van der Waals surface area contributed by atoms with Crippen LogP contribution >= 0.6 is 0 Å². The van der Waals surface area contributed by atoms with Crippen LogP contribution in [0.5, 0.6) is 17.2 Å². The first-order valence-electron chi connectivity index (χ1n) is 10.0. The number of carbonyl (C=O) groups excluding carboxylic acids is 2. The minimum Gasteiger partial charge on any atom is -0.493 e. The molecule has 0 bridgehead atoms. The fourth-order valence-electron chi connectivity index (χ4n) is 2.86. The van der Waals surface area contributed by atoms with Crippen molar-refractivity contribution in [3.05, 3.63) is 41.5 Å². The first kappa shape index (κ1) is 25.9. The molecule has 0 saturated heterocycles. The van der Waals surface area contributed by atoms with E-state index in [1.807, 2.05) is 6.92 Å². The average Bonchev–Trinajstić information content (AvgIpc) is 2.81. The number of amides is 1. The van der Waals surface area contributed by atoms with Gasteiger partial charge in [0.1, 0.15) is 5.75 Å². The Hall–Kier alpha value is -3.31. The number of hydrogen-bond donors (Lipinski definition) is 2. The molecule has 0 atom stereocenters. The summed E-state index contributed by atoms with van der Waals surface area (Å²) in [4.78, 5) is 24.7. The van der Waals surface area contributed by atoms with Crippen LogP contribution in [-0.4, -0.2) is 54.8 Å². The lowest BCUT2D eigenvalue weighted by atomic mass is 10.1. The number of rotatable bonds is 11. The summed E-state index contributed by atoms with van der Waals surface area (Å²) in [5.74, 6) is -0.262. The molecule has 0 aliphatic rings. The Bertz CT molecular complexity index is 1120. The summed E-state index contributed by atoms with van der Waals surface area (Å²) in [5, 5.41) is 2.59. The van der Waals surface area contributed by atoms with Crippen molar-refractivity contribution in [3.63, 3.8) is 0 Å². The Kier molecular flexibility index (Phi) is 9.06. The number of hydrogen-bond acceptors (Lipinski definition) is 8. The Morgan fingerprint density at radius 3 is 2.21 bits per heavy atom. The van der Waals surface area contributed by atoms with Crippen molar-refractivity contribution in [3.8, 4) is 17.2 Å². The second-order valence-electron chi connectivity index (χ2n) is 6.91. The monoisotopic (exact) mass is 480 g/mol. The van der Waals surface area contributed by atoms with Crippen molar-refractivity contribution >= 4 is 27.6 Å². The van der Waals surface area contributed by atoms with E-state index in [0.717, 1.165) is 0 Å². The fourth-order valence-corrected chi connectivity index (χ4v) is 4.08. The maximum absolute atomic E-state index is 12.5. The standard InChI is InChI=1S/C22H28N2O8S/c1-6-9-23-33(27,28)15-7-8-18(14(2)10-15)32-13-21(25)24-17-12-20(30-4)19(29-3)11-16(17)22(26)31-5/h7-8,10-12,23H,6,9,13H2,1-5H3,(H,24,25). The van der Waals surface area contributed by atoms with E-state index in [-0.39, 0.29) is 22.8 Å². The predicted octanol–water partition coefficient (Wildman–Crippen LogP) is 2.50. The molecule has 11 heteroatoms. The SMILES string of the molecule is CCCNS(=O)(=O)c1ccc(OCC(=O)Nc2cc(OC)c(OC)cc2C(=O)OC)c(C)c1. The molecule has 0 spiro atoms. The van der Waals surface area contributed by atoms with E-state index < -0.39 is 21.9 Å². The van der Waals surface area contributed by atoms with Gasteiger partial charge in [0.25, 0.3) is 5.91 Å². The van der Waals surface area contributed by atoms with Crippen LogP contribution in [0.1, 0.15) is 29.3 Å². The molecule has 0 unspecified atom stereocenters. The molecule has 0 radical (unpaired) electrons. The smallest absolute Gasteiger partial charge is 0.340 e. The van der Waals surface area contributed by atoms with Crippen molar-refractivity contribution < 1.29 is 37.0 Å². The maximum Gasteiger partial charge on any atom is 0.340 e. The van der Waals surface area contributed by atoms with Crippen molar-refractivity contribution in [2.24, 2.45) is 0 Å². The van der Waals surface area contributed by atoms with Gasteiger partial charge >= 0.3 is 5.97 Å². The van der Waals surface area contributed by atoms with Gasteiger partial charge in [-0.05, 0) is 37.1 Å². The highest BCUT2D eigenvalue weighted by molar-refractivity contribution is 7.89. The molecule has 0 heterocycles. The third-order valence-electron chi connectivity index (χ3n) is 4.56. The van der Waals surface area contributed by atoms with Gasteiger partial charge in [0.15, 0.2) is 18.1 Å². The van der Waals surface area contributed by atoms with Gasteiger partial charge in [-0.1, -0.05) is 6.92 Å². The van der Waals surface area contributed by atoms with Gasteiger partial charge in [0, 0.05) is 18.7 Å². The van der Waals surface area contributed by atoms with E-state index in [4.69, 9.17) is 18.9 Å². The van der Waals surface area contributed by atoms with Gasteiger partial charge in [-0.15, -0.1) is 0 Å². The van der Waals surface area contributed by atoms with Crippen LogP contribution in [0, 0.1) is 6.92 Å². The first-order valence-corrected chi connectivity index (χ1v) is 11.5. The Morgan fingerprint density at radius 1 is 0.970 bits per heavy atom. The second kappa shape index (κ2) is 11.5. The van der Waals surface area contributed by atoms with Crippen molar-refractivity contribution in [1.29, 1.82) is 0 Å². The molecule has 180 valence electrons. The topological polar surface area (TPSA) is 129 Å². The molecule has 2 N–H and O–H groups in total. The molecule has 33 heavy (non-hydrogen) atoms. The third kappa shape index (κ3) is 6.59. The molecule has 0 aromatic heterocycles. The van der Waals surface area contributed by atoms with Crippen LogP contribution in [0.2, 0.25) is 0 Å². The summed E-state index contributed by atoms with van der Waals surface area (Å²) in [7, 11) is 0.454. The highest BCUT2D eigenvalue weighted by Crippen LogP contribution is 2.33. The zero-order valence-electron chi connectivity index (χ0n) is 19.2. The van der Waals surface area contributed by atoms with E-state index in [2.05, 4.69) is 10.0 Å². The van der Waals surface area contributed by atoms with Gasteiger partial charge in [-0.25, -0.2) is 17.9 Å². The Morgan fingerprint density at radius 2 is 1.64 bits per heavy atom. The van der Waals surface area contributed by atoms with Gasteiger partial charge < -0.3 is 24.3 Å². The molecular weight excluding hydrogens is 452 g/mol. The number of aryl methyl sites for hydroxylation is 1. The number of carbonyl (C=O) groups is 2. The summed E-state index contributed by atoms with van der Waals surface area (Å²) < 4.78 is 47.7. The number of benzene rings is 2. The Balaban J connectivity index is 2.15. The van der Waals surface area contributed by atoms with E-state index >= 15 is 0 Å². The first-order chi connectivity index (χ1) is 15.7. The quantitative estimate of drug-likeness (QED) is 0.470. The summed E-state index contributed by atoms with van der Waals surface area (Å²) in [6.45, 7) is 3.50. The molecule has 10 nitrogen and oxygen atoms in total. The molecular formula is C22H28N2O8S. The van der Waals surface area contributed by atoms with Crippen LogP contribution in [0.15, 0.2) is 35.2 Å². The van der Waals surface area contributed by atoms with Crippen LogP contribution in [-0.2, 0) is 19.6 Å². The molecule has 2 rings (SSSR count). The summed E-state index contributed by atoms with van der Waals surface area (Å²) in [5.41, 5.74) is 0.783. The number of esters is 1. The normalized spacial score (nSPS) is 10.9. The highest BCUT2D eigenvalue weighted by Gasteiger charge is 2.20. The van der Waals surface area contributed by atoms with Crippen LogP contribution < -0.4 is 24.2 Å². The number of ether oxygens (including phenoxy) is 4. The van der Waals surface area contributed by atoms with E-state index in [1.165, 1.54) is 51.7 Å². The molecule has 0 aliphatic carbocycles. The zero-order chi connectivity index (χ0) is 24.6. The zero-order valence-corrected chi connectivity index (χ0v) is 20.0. The molecule has 1 amide bonds. The number of anilines is 1. The average molecular weight is 481 g/mol. The number of methoxy groups -OCH3 is 3. The van der Waals surface area contributed by atoms with Crippen molar-refractivity contribution in [2.45, 2.75) is 25.2 Å². The molecule has 2 aromatic carbocycles. The highest BCUT2D eigenvalue weighted by atomic mass is 32.2. The lowest BCUT2D eigenvalue weighted by Crippen LogP contribution is -2.24. The second-order valence-corrected chi connectivity index (χ2v) is 8.67. The Labute approximate surface area is 193 Å². The van der Waals surface area contributed by atoms with E-state index in [1.54, 1.807) is 6.92 Å². The predicted molar refractivity (Wildman–Crippen MR) is 122 cm³/mol. The van der Waals surface area contributed by atoms with Crippen LogP contribution in [0.4, 0.5) is 5.69 Å². The largest absolute Gasteiger partial charge is 0.493 e. The minimum atomic E-state index is -3.61. The van der Waals surface area contributed by atoms with Gasteiger partial charge in [-0.3, -0.25) is 4.79 Å². The van der Waals surface area contributed by atoms with Gasteiger partial charge in [0.05, 0.1) is 37.5 Å². The molecule has 0 fully saturated rings. The van der Waals surface area contributed by atoms with Crippen LogP contribution in [0.3, 0.4) is 0 Å². The summed E-state index contributed by atoms with van der Waals surface area (Å²) >= 11 is 0. The molecule has 0 aliphatic heterocycles. The van der Waals surface area contributed by atoms with Gasteiger partial charge in [-0.2, -0.15) is 0 Å². The lowest BCUT2D eigenvalue weighted by Gasteiger charge is -2.15. The summed E-state index contributed by atoms with van der Waals surface area (Å²) in [6.07, 6.45) is 0.673.